The minimum atomic E-state index is -0.276. The maximum Gasteiger partial charge on any atom is 0.239 e. The molecule has 0 aliphatic heterocycles. The Morgan fingerprint density at radius 3 is 2.87 bits per heavy atom. The van der Waals surface area contributed by atoms with Gasteiger partial charge in [-0.15, -0.1) is 5.10 Å². The molecular formula is C13H15ClN6O2S. The number of hydrogen-bond donors (Lipinski definition) is 2. The van der Waals surface area contributed by atoms with Crippen LogP contribution in [-0.4, -0.2) is 50.9 Å². The van der Waals surface area contributed by atoms with E-state index in [1.54, 1.807) is 18.2 Å². The zero-order valence-corrected chi connectivity index (χ0v) is 13.9. The fraction of sp³-hybridized carbons (Fsp3) is 0.308. The summed E-state index contributed by atoms with van der Waals surface area (Å²) in [4.78, 5) is 23.0. The number of nitrogens with one attached hydrogen (secondary N) is 2. The van der Waals surface area contributed by atoms with E-state index in [2.05, 4.69) is 26.2 Å². The van der Waals surface area contributed by atoms with Gasteiger partial charge in [0, 0.05) is 11.6 Å². The van der Waals surface area contributed by atoms with Gasteiger partial charge in [0.05, 0.1) is 18.0 Å². The van der Waals surface area contributed by atoms with Crippen LogP contribution >= 0.6 is 23.4 Å². The molecular weight excluding hydrogens is 340 g/mol. The number of thioether (sulfide) groups is 1. The van der Waals surface area contributed by atoms with E-state index in [0.717, 1.165) is 0 Å². The SMILES string of the molecule is CCNC(=O)CNC(=O)CSc1nnnn1-c1cccc(Cl)c1. The molecule has 2 rings (SSSR count). The van der Waals surface area contributed by atoms with Gasteiger partial charge >= 0.3 is 0 Å². The number of aromatic nitrogens is 4. The van der Waals surface area contributed by atoms with Crippen LogP contribution in [-0.2, 0) is 9.59 Å². The van der Waals surface area contributed by atoms with E-state index in [-0.39, 0.29) is 24.1 Å². The van der Waals surface area contributed by atoms with Gasteiger partial charge in [-0.05, 0) is 35.5 Å². The van der Waals surface area contributed by atoms with Gasteiger partial charge in [0.2, 0.25) is 17.0 Å². The van der Waals surface area contributed by atoms with Crippen LogP contribution in [0, 0.1) is 0 Å². The van der Waals surface area contributed by atoms with Crippen molar-refractivity contribution in [3.63, 3.8) is 0 Å². The van der Waals surface area contributed by atoms with Crippen LogP contribution in [0.1, 0.15) is 6.92 Å². The predicted octanol–water partition coefficient (Wildman–Crippen LogP) is 0.660. The van der Waals surface area contributed by atoms with Crippen LogP contribution in [0.25, 0.3) is 5.69 Å². The summed E-state index contributed by atoms with van der Waals surface area (Å²) in [7, 11) is 0. The molecule has 2 amide bonds. The highest BCUT2D eigenvalue weighted by Gasteiger charge is 2.12. The molecule has 0 saturated heterocycles. The minimum absolute atomic E-state index is 0.0491. The highest BCUT2D eigenvalue weighted by atomic mass is 35.5. The van der Waals surface area contributed by atoms with Crippen LogP contribution in [0.15, 0.2) is 29.4 Å². The normalized spacial score (nSPS) is 10.3. The fourth-order valence-electron chi connectivity index (χ4n) is 1.66. The summed E-state index contributed by atoms with van der Waals surface area (Å²) < 4.78 is 1.49. The van der Waals surface area contributed by atoms with Crippen molar-refractivity contribution in [2.45, 2.75) is 12.1 Å². The van der Waals surface area contributed by atoms with Gasteiger partial charge in [-0.2, -0.15) is 4.68 Å². The first-order valence-corrected chi connectivity index (χ1v) is 8.17. The van der Waals surface area contributed by atoms with Crippen LogP contribution < -0.4 is 10.6 Å². The lowest BCUT2D eigenvalue weighted by Gasteiger charge is -2.06. The number of carbonyl (C=O) groups is 2. The van der Waals surface area contributed by atoms with Gasteiger partial charge in [0.15, 0.2) is 0 Å². The summed E-state index contributed by atoms with van der Waals surface area (Å²) in [6, 6.07) is 7.06. The molecule has 0 saturated carbocycles. The summed E-state index contributed by atoms with van der Waals surface area (Å²) in [5, 5.41) is 17.5. The minimum Gasteiger partial charge on any atom is -0.355 e. The average Bonchev–Trinajstić information content (AvgIpc) is 3.00. The first-order valence-electron chi connectivity index (χ1n) is 6.80. The lowest BCUT2D eigenvalue weighted by Crippen LogP contribution is -2.37. The van der Waals surface area contributed by atoms with Crippen LogP contribution in [0.4, 0.5) is 0 Å². The van der Waals surface area contributed by atoms with Gasteiger partial charge in [0.25, 0.3) is 0 Å². The van der Waals surface area contributed by atoms with Crippen molar-refractivity contribution in [2.75, 3.05) is 18.8 Å². The van der Waals surface area contributed by atoms with E-state index in [1.165, 1.54) is 16.4 Å². The molecule has 1 aromatic heterocycles. The van der Waals surface area contributed by atoms with Crippen molar-refractivity contribution in [1.82, 2.24) is 30.8 Å². The fourth-order valence-corrected chi connectivity index (χ4v) is 2.56. The van der Waals surface area contributed by atoms with E-state index in [1.807, 2.05) is 13.0 Å². The second-order valence-corrected chi connectivity index (χ2v) is 5.75. The number of carbonyl (C=O) groups excluding carboxylic acids is 2. The molecule has 1 aromatic carbocycles. The summed E-state index contributed by atoms with van der Waals surface area (Å²) in [6.07, 6.45) is 0. The van der Waals surface area contributed by atoms with Crippen molar-refractivity contribution < 1.29 is 9.59 Å². The average molecular weight is 355 g/mol. The van der Waals surface area contributed by atoms with Gasteiger partial charge in [-0.3, -0.25) is 9.59 Å². The summed E-state index contributed by atoms with van der Waals surface area (Å²) in [5.74, 6) is -0.406. The third kappa shape index (κ3) is 5.22. The zero-order valence-electron chi connectivity index (χ0n) is 12.3. The maximum atomic E-state index is 11.7. The Labute approximate surface area is 142 Å². The Morgan fingerprint density at radius 2 is 2.13 bits per heavy atom. The van der Waals surface area contributed by atoms with Crippen molar-refractivity contribution in [2.24, 2.45) is 0 Å². The number of nitrogens with zero attached hydrogens (tertiary/aromatic N) is 4. The molecule has 0 radical (unpaired) electrons. The first-order chi connectivity index (χ1) is 11.1. The lowest BCUT2D eigenvalue weighted by atomic mass is 10.3. The van der Waals surface area contributed by atoms with Gasteiger partial charge in [0.1, 0.15) is 0 Å². The number of likely N-dealkylation sites (N-methyl/N-ethyl adjacent to an activating group) is 1. The summed E-state index contributed by atoms with van der Waals surface area (Å²) in [6.45, 7) is 2.29. The topological polar surface area (TPSA) is 102 Å². The Balaban J connectivity index is 1.91. The molecule has 0 aliphatic rings. The highest BCUT2D eigenvalue weighted by Crippen LogP contribution is 2.20. The number of benzene rings is 1. The summed E-state index contributed by atoms with van der Waals surface area (Å²) in [5.41, 5.74) is 0.702. The third-order valence-electron chi connectivity index (χ3n) is 2.65. The number of rotatable bonds is 7. The largest absolute Gasteiger partial charge is 0.355 e. The number of amides is 2. The van der Waals surface area contributed by atoms with Gasteiger partial charge in [-0.25, -0.2) is 0 Å². The van der Waals surface area contributed by atoms with E-state index in [4.69, 9.17) is 11.6 Å². The van der Waals surface area contributed by atoms with Crippen molar-refractivity contribution in [3.8, 4) is 5.69 Å². The predicted molar refractivity (Wildman–Crippen MR) is 86.6 cm³/mol. The van der Waals surface area contributed by atoms with Crippen LogP contribution in [0.5, 0.6) is 0 Å². The Kier molecular flexibility index (Phi) is 6.36. The Bertz CT molecular complexity index is 693. The zero-order chi connectivity index (χ0) is 16.7. The lowest BCUT2D eigenvalue weighted by molar-refractivity contribution is -0.124. The number of tetrazole rings is 1. The van der Waals surface area contributed by atoms with E-state index in [0.29, 0.717) is 22.4 Å². The third-order valence-corrected chi connectivity index (χ3v) is 3.80. The number of halogens is 1. The first kappa shape index (κ1) is 17.2. The monoisotopic (exact) mass is 354 g/mol. The Morgan fingerprint density at radius 1 is 1.30 bits per heavy atom. The number of hydrogen-bond acceptors (Lipinski definition) is 6. The van der Waals surface area contributed by atoms with E-state index < -0.39 is 0 Å². The molecule has 23 heavy (non-hydrogen) atoms. The highest BCUT2D eigenvalue weighted by molar-refractivity contribution is 7.99. The molecule has 0 aliphatic carbocycles. The molecule has 0 atom stereocenters. The molecule has 8 nitrogen and oxygen atoms in total. The van der Waals surface area contributed by atoms with Crippen molar-refractivity contribution in [3.05, 3.63) is 29.3 Å². The van der Waals surface area contributed by atoms with Crippen molar-refractivity contribution >= 4 is 35.2 Å². The van der Waals surface area contributed by atoms with Crippen LogP contribution in [0.2, 0.25) is 5.02 Å². The van der Waals surface area contributed by atoms with Gasteiger partial charge < -0.3 is 10.6 Å². The summed E-state index contributed by atoms with van der Waals surface area (Å²) >= 11 is 7.12. The molecule has 122 valence electrons. The molecule has 0 bridgehead atoms. The van der Waals surface area contributed by atoms with Crippen molar-refractivity contribution in [1.29, 1.82) is 0 Å². The molecule has 10 heteroatoms. The molecule has 1 heterocycles. The maximum absolute atomic E-state index is 11.7. The van der Waals surface area contributed by atoms with E-state index >= 15 is 0 Å². The molecule has 2 N–H and O–H groups in total. The standard InChI is InChI=1S/C13H15ClN6O2S/c1-2-15-11(21)7-16-12(22)8-23-13-17-18-19-20(13)10-5-3-4-9(14)6-10/h3-6H,2,7-8H2,1H3,(H,15,21)(H,16,22). The molecule has 2 aromatic rings. The quantitative estimate of drug-likeness (QED) is 0.708. The van der Waals surface area contributed by atoms with Gasteiger partial charge in [-0.1, -0.05) is 29.4 Å². The van der Waals surface area contributed by atoms with E-state index in [9.17, 15) is 9.59 Å². The second kappa shape index (κ2) is 8.49. The smallest absolute Gasteiger partial charge is 0.239 e. The Hall–Kier alpha value is -2.13. The molecule has 0 fully saturated rings. The molecule has 0 spiro atoms. The molecule has 0 unspecified atom stereocenters. The van der Waals surface area contributed by atoms with Crippen LogP contribution in [0.3, 0.4) is 0 Å². The second-order valence-electron chi connectivity index (χ2n) is 4.37.